The molecule has 1 aliphatic heterocycles. The number of aryl methyl sites for hydroxylation is 2. The molecule has 20 heavy (non-hydrogen) atoms. The van der Waals surface area contributed by atoms with Gasteiger partial charge in [0, 0.05) is 25.0 Å². The van der Waals surface area contributed by atoms with Gasteiger partial charge in [0.2, 0.25) is 0 Å². The molecule has 1 aromatic heterocycles. The lowest BCUT2D eigenvalue weighted by molar-refractivity contribution is 0.161. The average Bonchev–Trinajstić information content (AvgIpc) is 2.76. The monoisotopic (exact) mass is 361 g/mol. The summed E-state index contributed by atoms with van der Waals surface area (Å²) in [6.45, 7) is 8.47. The first-order valence-corrected chi connectivity index (χ1v) is 9.21. The fraction of sp³-hybridized carbons (Fsp3) is 0.800. The molecule has 1 fully saturated rings. The van der Waals surface area contributed by atoms with E-state index in [1.54, 1.807) is 0 Å². The molecule has 5 heteroatoms. The van der Waals surface area contributed by atoms with E-state index in [1.165, 1.54) is 38.0 Å². The summed E-state index contributed by atoms with van der Waals surface area (Å²) in [6.07, 6.45) is 4.85. The third-order valence-corrected chi connectivity index (χ3v) is 5.08. The van der Waals surface area contributed by atoms with E-state index in [1.807, 2.05) is 0 Å². The van der Waals surface area contributed by atoms with Crippen LogP contribution in [0.15, 0.2) is 0 Å². The van der Waals surface area contributed by atoms with Crippen LogP contribution in [0.1, 0.15) is 44.5 Å². The Morgan fingerprint density at radius 2 is 2.20 bits per heavy atom. The van der Waals surface area contributed by atoms with Crippen molar-refractivity contribution in [2.75, 3.05) is 18.4 Å². The van der Waals surface area contributed by atoms with Crippen molar-refractivity contribution in [3.8, 4) is 0 Å². The molecule has 2 heterocycles. The summed E-state index contributed by atoms with van der Waals surface area (Å²) in [4.78, 5) is 2.55. The molecule has 3 nitrogen and oxygen atoms in total. The molecule has 0 saturated carbocycles. The van der Waals surface area contributed by atoms with Crippen LogP contribution in [-0.2, 0) is 19.5 Å². The first kappa shape index (κ1) is 16.3. The molecule has 1 atom stereocenters. The van der Waals surface area contributed by atoms with Gasteiger partial charge < -0.3 is 0 Å². The fourth-order valence-electron chi connectivity index (χ4n) is 3.06. The van der Waals surface area contributed by atoms with Gasteiger partial charge in [-0.1, -0.05) is 34.5 Å². The molecule has 114 valence electrons. The zero-order valence-corrected chi connectivity index (χ0v) is 14.9. The minimum absolute atomic E-state index is 0.825. The zero-order valence-electron chi connectivity index (χ0n) is 12.5. The molecule has 0 aliphatic carbocycles. The Balaban J connectivity index is 2.07. The van der Waals surface area contributed by atoms with Crippen molar-refractivity contribution in [3.05, 3.63) is 16.4 Å². The Morgan fingerprint density at radius 1 is 1.40 bits per heavy atom. The maximum absolute atomic E-state index is 6.51. The Bertz CT molecular complexity index is 431. The van der Waals surface area contributed by atoms with E-state index in [2.05, 4.69) is 44.5 Å². The summed E-state index contributed by atoms with van der Waals surface area (Å²) >= 11 is 10.1. The van der Waals surface area contributed by atoms with Gasteiger partial charge in [-0.3, -0.25) is 9.58 Å². The number of aromatic nitrogens is 2. The molecular weight excluding hydrogens is 338 g/mol. The van der Waals surface area contributed by atoms with Crippen LogP contribution in [0.4, 0.5) is 0 Å². The predicted octanol–water partition coefficient (Wildman–Crippen LogP) is 4.12. The van der Waals surface area contributed by atoms with Crippen LogP contribution >= 0.6 is 27.5 Å². The van der Waals surface area contributed by atoms with Crippen LogP contribution in [-0.4, -0.2) is 33.1 Å². The number of hydrogen-bond acceptors (Lipinski definition) is 2. The molecule has 1 aliphatic rings. The van der Waals surface area contributed by atoms with Crippen molar-refractivity contribution in [2.45, 2.75) is 52.6 Å². The van der Waals surface area contributed by atoms with Crippen molar-refractivity contribution < 1.29 is 0 Å². The number of piperidine rings is 1. The second-order valence-corrected chi connectivity index (χ2v) is 6.77. The lowest BCUT2D eigenvalue weighted by Crippen LogP contribution is -2.35. The highest BCUT2D eigenvalue weighted by atomic mass is 79.9. The van der Waals surface area contributed by atoms with Crippen LogP contribution in [0.3, 0.4) is 0 Å². The maximum Gasteiger partial charge on any atom is 0.0863 e. The van der Waals surface area contributed by atoms with E-state index < -0.39 is 0 Å². The molecule has 0 aromatic carbocycles. The lowest BCUT2D eigenvalue weighted by Gasteiger charge is -2.32. The first-order valence-electron chi connectivity index (χ1n) is 7.71. The van der Waals surface area contributed by atoms with Crippen molar-refractivity contribution in [2.24, 2.45) is 5.92 Å². The van der Waals surface area contributed by atoms with E-state index in [0.717, 1.165) is 41.5 Å². The quantitative estimate of drug-likeness (QED) is 0.710. The zero-order chi connectivity index (χ0) is 14.5. The summed E-state index contributed by atoms with van der Waals surface area (Å²) in [5.74, 6) is 0.825. The molecular formula is C15H25BrClN3. The Labute approximate surface area is 135 Å². The van der Waals surface area contributed by atoms with Gasteiger partial charge in [0.15, 0.2) is 0 Å². The number of halogens is 2. The summed E-state index contributed by atoms with van der Waals surface area (Å²) in [5, 5.41) is 6.61. The summed E-state index contributed by atoms with van der Waals surface area (Å²) < 4.78 is 2.08. The van der Waals surface area contributed by atoms with Gasteiger partial charge in [-0.2, -0.15) is 5.10 Å². The van der Waals surface area contributed by atoms with Crippen molar-refractivity contribution in [1.29, 1.82) is 0 Å². The predicted molar refractivity (Wildman–Crippen MR) is 88.7 cm³/mol. The highest BCUT2D eigenvalue weighted by molar-refractivity contribution is 9.09. The molecule has 0 amide bonds. The summed E-state index contributed by atoms with van der Waals surface area (Å²) in [7, 11) is 0. The number of nitrogens with zero attached hydrogens (tertiary/aromatic N) is 3. The molecule has 0 radical (unpaired) electrons. The van der Waals surface area contributed by atoms with Crippen LogP contribution in [0.2, 0.25) is 5.02 Å². The number of likely N-dealkylation sites (tertiary alicyclic amines) is 1. The van der Waals surface area contributed by atoms with Gasteiger partial charge in [0.05, 0.1) is 16.4 Å². The largest absolute Gasteiger partial charge is 0.297 e. The highest BCUT2D eigenvalue weighted by Crippen LogP contribution is 2.26. The second kappa shape index (κ2) is 7.81. The summed E-state index contributed by atoms with van der Waals surface area (Å²) in [6, 6.07) is 0. The van der Waals surface area contributed by atoms with Crippen LogP contribution in [0, 0.1) is 5.92 Å². The number of hydrogen-bond donors (Lipinski definition) is 0. The molecule has 0 bridgehead atoms. The normalized spacial score (nSPS) is 20.5. The third kappa shape index (κ3) is 3.77. The van der Waals surface area contributed by atoms with Gasteiger partial charge in [0.25, 0.3) is 0 Å². The van der Waals surface area contributed by atoms with Gasteiger partial charge >= 0.3 is 0 Å². The Hall–Kier alpha value is -0.0600. The third-order valence-electron chi connectivity index (χ3n) is 4.19. The topological polar surface area (TPSA) is 21.1 Å². The Kier molecular flexibility index (Phi) is 6.37. The molecule has 1 aromatic rings. The number of alkyl halides is 1. The second-order valence-electron chi connectivity index (χ2n) is 5.60. The number of rotatable bonds is 6. The summed E-state index contributed by atoms with van der Waals surface area (Å²) in [5.41, 5.74) is 2.24. The van der Waals surface area contributed by atoms with E-state index in [-0.39, 0.29) is 0 Å². The standard InChI is InChI=1S/C15H25BrClN3/c1-3-13-15(17)14(20(4-2)18-13)11-19-9-5-6-12(10-19)7-8-16/h12H,3-11H2,1-2H3. The van der Waals surface area contributed by atoms with E-state index in [0.29, 0.717) is 0 Å². The van der Waals surface area contributed by atoms with Crippen LogP contribution in [0.5, 0.6) is 0 Å². The van der Waals surface area contributed by atoms with Crippen molar-refractivity contribution in [1.82, 2.24) is 14.7 Å². The van der Waals surface area contributed by atoms with E-state index in [9.17, 15) is 0 Å². The average molecular weight is 363 g/mol. The lowest BCUT2D eigenvalue weighted by atomic mass is 9.95. The highest BCUT2D eigenvalue weighted by Gasteiger charge is 2.22. The molecule has 2 rings (SSSR count). The van der Waals surface area contributed by atoms with E-state index in [4.69, 9.17) is 11.6 Å². The molecule has 0 N–H and O–H groups in total. The first-order chi connectivity index (χ1) is 9.69. The van der Waals surface area contributed by atoms with Crippen molar-refractivity contribution >= 4 is 27.5 Å². The smallest absolute Gasteiger partial charge is 0.0863 e. The fourth-order valence-corrected chi connectivity index (χ4v) is 4.04. The van der Waals surface area contributed by atoms with Gasteiger partial charge in [-0.25, -0.2) is 0 Å². The van der Waals surface area contributed by atoms with Crippen LogP contribution < -0.4 is 0 Å². The van der Waals surface area contributed by atoms with Crippen LogP contribution in [0.25, 0.3) is 0 Å². The van der Waals surface area contributed by atoms with Gasteiger partial charge in [0.1, 0.15) is 0 Å². The molecule has 0 spiro atoms. The molecule has 1 unspecified atom stereocenters. The van der Waals surface area contributed by atoms with Crippen molar-refractivity contribution in [3.63, 3.8) is 0 Å². The minimum atomic E-state index is 0.825. The van der Waals surface area contributed by atoms with E-state index >= 15 is 0 Å². The Morgan fingerprint density at radius 3 is 2.85 bits per heavy atom. The van der Waals surface area contributed by atoms with Gasteiger partial charge in [-0.05, 0) is 45.1 Å². The maximum atomic E-state index is 6.51. The molecule has 1 saturated heterocycles. The minimum Gasteiger partial charge on any atom is -0.297 e. The van der Waals surface area contributed by atoms with Gasteiger partial charge in [-0.15, -0.1) is 0 Å². The SMILES string of the molecule is CCc1nn(CC)c(CN2CCCC(CCBr)C2)c1Cl.